The van der Waals surface area contributed by atoms with Crippen molar-refractivity contribution in [2.24, 2.45) is 0 Å². The van der Waals surface area contributed by atoms with E-state index in [1.807, 2.05) is 42.5 Å². The highest BCUT2D eigenvalue weighted by molar-refractivity contribution is 6.05. The van der Waals surface area contributed by atoms with Gasteiger partial charge in [0.1, 0.15) is 0 Å². The predicted molar refractivity (Wildman–Crippen MR) is 109 cm³/mol. The molecule has 0 bridgehead atoms. The number of benzene rings is 3. The Morgan fingerprint density at radius 1 is 0.741 bits per heavy atom. The fourth-order valence-corrected chi connectivity index (χ4v) is 2.96. The van der Waals surface area contributed by atoms with Crippen molar-refractivity contribution in [1.82, 2.24) is 0 Å². The van der Waals surface area contributed by atoms with Gasteiger partial charge in [-0.3, -0.25) is 9.59 Å². The predicted octanol–water partition coefficient (Wildman–Crippen LogP) is 4.68. The van der Waals surface area contributed by atoms with Gasteiger partial charge >= 0.3 is 0 Å². The lowest BCUT2D eigenvalue weighted by atomic mass is 9.99. The normalized spacial score (nSPS) is 10.3. The van der Waals surface area contributed by atoms with Gasteiger partial charge in [-0.15, -0.1) is 0 Å². The van der Waals surface area contributed by atoms with E-state index in [2.05, 4.69) is 22.8 Å². The molecule has 2 amide bonds. The van der Waals surface area contributed by atoms with Crippen LogP contribution in [-0.4, -0.2) is 11.8 Å². The van der Waals surface area contributed by atoms with Crippen LogP contribution in [0, 0.1) is 0 Å². The zero-order valence-corrected chi connectivity index (χ0v) is 15.2. The first-order valence-corrected chi connectivity index (χ1v) is 8.92. The summed E-state index contributed by atoms with van der Waals surface area (Å²) < 4.78 is 0. The maximum atomic E-state index is 12.8. The van der Waals surface area contributed by atoms with Gasteiger partial charge in [0.2, 0.25) is 5.91 Å². The molecule has 27 heavy (non-hydrogen) atoms. The average Bonchev–Trinajstić information content (AvgIpc) is 2.67. The molecule has 0 aliphatic carbocycles. The molecule has 0 unspecified atom stereocenters. The zero-order chi connectivity index (χ0) is 19.1. The maximum absolute atomic E-state index is 12.8. The van der Waals surface area contributed by atoms with Gasteiger partial charge in [0, 0.05) is 23.9 Å². The van der Waals surface area contributed by atoms with Crippen molar-refractivity contribution < 1.29 is 9.59 Å². The van der Waals surface area contributed by atoms with Crippen LogP contribution in [0.3, 0.4) is 0 Å². The number of rotatable bonds is 6. The second-order valence-corrected chi connectivity index (χ2v) is 6.36. The molecule has 0 fully saturated rings. The van der Waals surface area contributed by atoms with E-state index in [0.717, 1.165) is 18.4 Å². The molecule has 2 N–H and O–H groups in total. The smallest absolute Gasteiger partial charge is 0.255 e. The van der Waals surface area contributed by atoms with Crippen molar-refractivity contribution >= 4 is 23.2 Å². The summed E-state index contributed by atoms with van der Waals surface area (Å²) in [5.41, 5.74) is 4.22. The molecule has 3 aromatic carbocycles. The van der Waals surface area contributed by atoms with E-state index < -0.39 is 0 Å². The lowest BCUT2D eigenvalue weighted by Crippen LogP contribution is -2.15. The fraction of sp³-hybridized carbons (Fsp3) is 0.130. The number of aryl methyl sites for hydroxylation is 2. The number of nitrogens with one attached hydrogen (secondary N) is 2. The van der Waals surface area contributed by atoms with Crippen LogP contribution in [0.5, 0.6) is 0 Å². The standard InChI is InChI=1S/C23H22N2O2/c1-17(26)24-20-11-7-12-21(16-20)25-23(27)22-13-6-5-10-19(22)15-14-18-8-3-2-4-9-18/h2-13,16H,14-15H2,1H3,(H,24,26)(H,25,27). The summed E-state index contributed by atoms with van der Waals surface area (Å²) in [7, 11) is 0. The third-order valence-electron chi connectivity index (χ3n) is 4.23. The minimum absolute atomic E-state index is 0.148. The van der Waals surface area contributed by atoms with Crippen LogP contribution in [0.2, 0.25) is 0 Å². The molecule has 0 aliphatic heterocycles. The van der Waals surface area contributed by atoms with Crippen LogP contribution in [-0.2, 0) is 17.6 Å². The molecule has 0 aromatic heterocycles. The molecule has 0 saturated heterocycles. The van der Waals surface area contributed by atoms with Gasteiger partial charge in [0.25, 0.3) is 5.91 Å². The number of hydrogen-bond donors (Lipinski definition) is 2. The van der Waals surface area contributed by atoms with Crippen molar-refractivity contribution in [2.45, 2.75) is 19.8 Å². The van der Waals surface area contributed by atoms with E-state index in [-0.39, 0.29) is 11.8 Å². The quantitative estimate of drug-likeness (QED) is 0.672. The molecule has 0 saturated carbocycles. The van der Waals surface area contributed by atoms with E-state index in [9.17, 15) is 9.59 Å². The summed E-state index contributed by atoms with van der Waals surface area (Å²) in [5.74, 6) is -0.302. The molecule has 3 rings (SSSR count). The lowest BCUT2D eigenvalue weighted by molar-refractivity contribution is -0.114. The first-order valence-electron chi connectivity index (χ1n) is 8.92. The van der Waals surface area contributed by atoms with Gasteiger partial charge < -0.3 is 10.6 Å². The number of anilines is 2. The van der Waals surface area contributed by atoms with Gasteiger partial charge in [-0.1, -0.05) is 54.6 Å². The molecule has 0 radical (unpaired) electrons. The number of hydrogen-bond acceptors (Lipinski definition) is 2. The summed E-state index contributed by atoms with van der Waals surface area (Å²) >= 11 is 0. The van der Waals surface area contributed by atoms with Crippen molar-refractivity contribution in [3.8, 4) is 0 Å². The molecule has 0 spiro atoms. The number of amides is 2. The maximum Gasteiger partial charge on any atom is 0.255 e. The van der Waals surface area contributed by atoms with Crippen molar-refractivity contribution in [3.05, 3.63) is 95.6 Å². The Bertz CT molecular complexity index is 936. The second kappa shape index (κ2) is 8.81. The first kappa shape index (κ1) is 18.4. The topological polar surface area (TPSA) is 58.2 Å². The Balaban J connectivity index is 1.72. The second-order valence-electron chi connectivity index (χ2n) is 6.36. The highest BCUT2D eigenvalue weighted by Crippen LogP contribution is 2.18. The Hall–Kier alpha value is -3.40. The van der Waals surface area contributed by atoms with Gasteiger partial charge in [0.15, 0.2) is 0 Å². The number of carbonyl (C=O) groups is 2. The molecule has 136 valence electrons. The Kier molecular flexibility index (Phi) is 6.00. The third-order valence-corrected chi connectivity index (χ3v) is 4.23. The van der Waals surface area contributed by atoms with Gasteiger partial charge in [-0.2, -0.15) is 0 Å². The van der Waals surface area contributed by atoms with Gasteiger partial charge in [-0.05, 0) is 48.2 Å². The molecule has 0 heterocycles. The summed E-state index contributed by atoms with van der Waals surface area (Å²) in [6, 6.07) is 25.0. The van der Waals surface area contributed by atoms with E-state index >= 15 is 0 Å². The van der Waals surface area contributed by atoms with Gasteiger partial charge in [0.05, 0.1) is 0 Å². The van der Waals surface area contributed by atoms with E-state index in [4.69, 9.17) is 0 Å². The molecule has 0 aliphatic rings. The minimum Gasteiger partial charge on any atom is -0.326 e. The van der Waals surface area contributed by atoms with E-state index in [1.54, 1.807) is 24.3 Å². The zero-order valence-electron chi connectivity index (χ0n) is 15.2. The Morgan fingerprint density at radius 3 is 2.15 bits per heavy atom. The van der Waals surface area contributed by atoms with Crippen LogP contribution in [0.25, 0.3) is 0 Å². The van der Waals surface area contributed by atoms with Crippen LogP contribution in [0.4, 0.5) is 11.4 Å². The lowest BCUT2D eigenvalue weighted by Gasteiger charge is -2.11. The summed E-state index contributed by atoms with van der Waals surface area (Å²) in [6.45, 7) is 1.45. The third kappa shape index (κ3) is 5.28. The van der Waals surface area contributed by atoms with Crippen LogP contribution < -0.4 is 10.6 Å². The van der Waals surface area contributed by atoms with E-state index in [1.165, 1.54) is 12.5 Å². The summed E-state index contributed by atoms with van der Waals surface area (Å²) in [5, 5.41) is 5.64. The fourth-order valence-electron chi connectivity index (χ4n) is 2.96. The molecular formula is C23H22N2O2. The molecule has 4 heteroatoms. The van der Waals surface area contributed by atoms with Crippen molar-refractivity contribution in [3.63, 3.8) is 0 Å². The van der Waals surface area contributed by atoms with E-state index in [0.29, 0.717) is 16.9 Å². The highest BCUT2D eigenvalue weighted by Gasteiger charge is 2.11. The van der Waals surface area contributed by atoms with Gasteiger partial charge in [-0.25, -0.2) is 0 Å². The monoisotopic (exact) mass is 358 g/mol. The minimum atomic E-state index is -0.154. The first-order chi connectivity index (χ1) is 13.1. The van der Waals surface area contributed by atoms with Crippen molar-refractivity contribution in [1.29, 1.82) is 0 Å². The molecule has 4 nitrogen and oxygen atoms in total. The Labute approximate surface area is 159 Å². The Morgan fingerprint density at radius 2 is 1.41 bits per heavy atom. The molecule has 0 atom stereocenters. The van der Waals surface area contributed by atoms with Crippen LogP contribution >= 0.6 is 0 Å². The summed E-state index contributed by atoms with van der Waals surface area (Å²) in [6.07, 6.45) is 1.67. The summed E-state index contributed by atoms with van der Waals surface area (Å²) in [4.78, 5) is 24.0. The van der Waals surface area contributed by atoms with Crippen LogP contribution in [0.1, 0.15) is 28.4 Å². The van der Waals surface area contributed by atoms with Crippen molar-refractivity contribution in [2.75, 3.05) is 10.6 Å². The number of carbonyl (C=O) groups excluding carboxylic acids is 2. The molecule has 3 aromatic rings. The van der Waals surface area contributed by atoms with Crippen LogP contribution in [0.15, 0.2) is 78.9 Å². The SMILES string of the molecule is CC(=O)Nc1cccc(NC(=O)c2ccccc2CCc2ccccc2)c1. The average molecular weight is 358 g/mol. The highest BCUT2D eigenvalue weighted by atomic mass is 16.2. The largest absolute Gasteiger partial charge is 0.326 e. The molecular weight excluding hydrogens is 336 g/mol.